The summed E-state index contributed by atoms with van der Waals surface area (Å²) in [5, 5.41) is 8.62. The van der Waals surface area contributed by atoms with Crippen molar-refractivity contribution in [3.63, 3.8) is 0 Å². The van der Waals surface area contributed by atoms with Crippen molar-refractivity contribution in [3.8, 4) is 0 Å². The van der Waals surface area contributed by atoms with Crippen molar-refractivity contribution in [1.29, 1.82) is 0 Å². The van der Waals surface area contributed by atoms with Gasteiger partial charge in [0.1, 0.15) is 0 Å². The summed E-state index contributed by atoms with van der Waals surface area (Å²) in [7, 11) is -3.14. The molecule has 0 radical (unpaired) electrons. The Hall–Kier alpha value is -0.170. The molecule has 100 valence electrons. The first-order chi connectivity index (χ1) is 8.14. The van der Waals surface area contributed by atoms with Gasteiger partial charge in [-0.2, -0.15) is 0 Å². The zero-order chi connectivity index (χ0) is 12.3. The van der Waals surface area contributed by atoms with Gasteiger partial charge in [-0.1, -0.05) is 0 Å². The molecule has 0 bridgehead atoms. The monoisotopic (exact) mass is 263 g/mol. The fourth-order valence-corrected chi connectivity index (χ4v) is 4.62. The highest BCUT2D eigenvalue weighted by atomic mass is 32.2. The summed E-state index contributed by atoms with van der Waals surface area (Å²) in [5.41, 5.74) is 0. The fraction of sp³-hybridized carbons (Fsp3) is 1.00. The molecule has 0 aromatic rings. The molecule has 0 aromatic heterocycles. The highest BCUT2D eigenvalue weighted by molar-refractivity contribution is 7.89. The molecular weight excluding hydrogens is 242 g/mol. The third-order valence-electron chi connectivity index (χ3n) is 3.74. The summed E-state index contributed by atoms with van der Waals surface area (Å²) in [6.45, 7) is 2.45. The minimum Gasteiger partial charge on any atom is -0.396 e. The molecule has 1 N–H and O–H groups in total. The summed E-state index contributed by atoms with van der Waals surface area (Å²) in [6.07, 6.45) is 2.82. The molecule has 0 spiro atoms. The zero-order valence-corrected chi connectivity index (χ0v) is 10.9. The SMILES string of the molecule is O=S(=O)(C1CCOCC1)N1CCC(CCO)C1. The van der Waals surface area contributed by atoms with Crippen molar-refractivity contribution in [3.05, 3.63) is 0 Å². The molecule has 2 heterocycles. The fourth-order valence-electron chi connectivity index (χ4n) is 2.63. The molecule has 0 aromatic carbocycles. The predicted molar refractivity (Wildman–Crippen MR) is 64.1 cm³/mol. The number of hydrogen-bond acceptors (Lipinski definition) is 4. The van der Waals surface area contributed by atoms with E-state index < -0.39 is 10.0 Å². The summed E-state index contributed by atoms with van der Waals surface area (Å²) < 4.78 is 31.5. The minimum atomic E-state index is -3.14. The summed E-state index contributed by atoms with van der Waals surface area (Å²) >= 11 is 0. The molecule has 2 aliphatic heterocycles. The molecule has 1 unspecified atom stereocenters. The van der Waals surface area contributed by atoms with Crippen LogP contribution in [-0.4, -0.2) is 56.0 Å². The molecule has 1 atom stereocenters. The molecule has 2 fully saturated rings. The van der Waals surface area contributed by atoms with Crippen LogP contribution in [0.1, 0.15) is 25.7 Å². The Kier molecular flexibility index (Phi) is 4.41. The topological polar surface area (TPSA) is 66.8 Å². The third-order valence-corrected chi connectivity index (χ3v) is 6.10. The van der Waals surface area contributed by atoms with Gasteiger partial charge in [-0.3, -0.25) is 0 Å². The lowest BCUT2D eigenvalue weighted by Crippen LogP contribution is -2.40. The Morgan fingerprint density at radius 3 is 2.59 bits per heavy atom. The van der Waals surface area contributed by atoms with E-state index in [9.17, 15) is 8.42 Å². The van der Waals surface area contributed by atoms with Gasteiger partial charge >= 0.3 is 0 Å². The zero-order valence-electron chi connectivity index (χ0n) is 10.0. The standard InChI is InChI=1S/C11H21NO4S/c13-6-2-10-1-5-12(9-10)17(14,15)11-3-7-16-8-4-11/h10-11,13H,1-9H2. The van der Waals surface area contributed by atoms with E-state index in [2.05, 4.69) is 0 Å². The Bertz CT molecular complexity index is 337. The molecule has 2 saturated heterocycles. The first-order valence-electron chi connectivity index (χ1n) is 6.32. The van der Waals surface area contributed by atoms with E-state index in [0.29, 0.717) is 51.5 Å². The molecule has 2 aliphatic rings. The number of nitrogens with zero attached hydrogens (tertiary/aromatic N) is 1. The normalized spacial score (nSPS) is 28.6. The van der Waals surface area contributed by atoms with Gasteiger partial charge in [0, 0.05) is 32.9 Å². The second-order valence-electron chi connectivity index (χ2n) is 4.88. The van der Waals surface area contributed by atoms with Crippen LogP contribution in [0.15, 0.2) is 0 Å². The molecule has 0 aliphatic carbocycles. The van der Waals surface area contributed by atoms with Crippen LogP contribution in [0.4, 0.5) is 0 Å². The number of aliphatic hydroxyl groups excluding tert-OH is 1. The molecule has 0 amide bonds. The summed E-state index contributed by atoms with van der Waals surface area (Å²) in [5.74, 6) is 0.328. The first-order valence-corrected chi connectivity index (χ1v) is 7.82. The average Bonchev–Trinajstić information content (AvgIpc) is 2.80. The number of hydrogen-bond donors (Lipinski definition) is 1. The Morgan fingerprint density at radius 2 is 1.94 bits per heavy atom. The van der Waals surface area contributed by atoms with Crippen LogP contribution < -0.4 is 0 Å². The van der Waals surface area contributed by atoms with Gasteiger partial charge in [-0.05, 0) is 31.6 Å². The smallest absolute Gasteiger partial charge is 0.217 e. The number of aliphatic hydroxyl groups is 1. The lowest BCUT2D eigenvalue weighted by Gasteiger charge is -2.27. The minimum absolute atomic E-state index is 0.149. The van der Waals surface area contributed by atoms with E-state index in [1.54, 1.807) is 4.31 Å². The van der Waals surface area contributed by atoms with E-state index >= 15 is 0 Å². The van der Waals surface area contributed by atoms with Crippen LogP contribution in [0.25, 0.3) is 0 Å². The van der Waals surface area contributed by atoms with Crippen LogP contribution in [-0.2, 0) is 14.8 Å². The van der Waals surface area contributed by atoms with Gasteiger partial charge in [-0.25, -0.2) is 12.7 Å². The number of sulfonamides is 1. The van der Waals surface area contributed by atoms with Crippen LogP contribution >= 0.6 is 0 Å². The van der Waals surface area contributed by atoms with E-state index in [-0.39, 0.29) is 11.9 Å². The second kappa shape index (κ2) is 5.65. The Morgan fingerprint density at radius 1 is 1.24 bits per heavy atom. The Balaban J connectivity index is 1.96. The largest absolute Gasteiger partial charge is 0.396 e. The van der Waals surface area contributed by atoms with Gasteiger partial charge in [0.2, 0.25) is 10.0 Å². The van der Waals surface area contributed by atoms with Crippen molar-refractivity contribution >= 4 is 10.0 Å². The van der Waals surface area contributed by atoms with Crippen LogP contribution in [0.2, 0.25) is 0 Å². The molecule has 5 nitrogen and oxygen atoms in total. The molecule has 6 heteroatoms. The maximum absolute atomic E-state index is 12.3. The quantitative estimate of drug-likeness (QED) is 0.787. The van der Waals surface area contributed by atoms with Crippen molar-refractivity contribution in [2.45, 2.75) is 30.9 Å². The van der Waals surface area contributed by atoms with Crippen molar-refractivity contribution in [2.75, 3.05) is 32.9 Å². The lowest BCUT2D eigenvalue weighted by molar-refractivity contribution is 0.0973. The first kappa shape index (κ1) is 13.3. The van der Waals surface area contributed by atoms with Gasteiger partial charge in [0.25, 0.3) is 0 Å². The highest BCUT2D eigenvalue weighted by Gasteiger charge is 2.37. The van der Waals surface area contributed by atoms with E-state index in [1.807, 2.05) is 0 Å². The van der Waals surface area contributed by atoms with Crippen molar-refractivity contribution in [2.24, 2.45) is 5.92 Å². The molecule has 2 rings (SSSR count). The van der Waals surface area contributed by atoms with Crippen LogP contribution in [0, 0.1) is 5.92 Å². The highest BCUT2D eigenvalue weighted by Crippen LogP contribution is 2.27. The van der Waals surface area contributed by atoms with Crippen molar-refractivity contribution < 1.29 is 18.3 Å². The lowest BCUT2D eigenvalue weighted by atomic mass is 10.1. The van der Waals surface area contributed by atoms with E-state index in [4.69, 9.17) is 9.84 Å². The number of rotatable bonds is 4. The average molecular weight is 263 g/mol. The molecule has 17 heavy (non-hydrogen) atoms. The van der Waals surface area contributed by atoms with Gasteiger partial charge in [-0.15, -0.1) is 0 Å². The molecular formula is C11H21NO4S. The summed E-state index contributed by atoms with van der Waals surface area (Å²) in [4.78, 5) is 0. The predicted octanol–water partition coefficient (Wildman–Crippen LogP) is 0.200. The summed E-state index contributed by atoms with van der Waals surface area (Å²) in [6, 6.07) is 0. The maximum atomic E-state index is 12.3. The van der Waals surface area contributed by atoms with E-state index in [0.717, 1.165) is 6.42 Å². The third kappa shape index (κ3) is 2.99. The maximum Gasteiger partial charge on any atom is 0.217 e. The van der Waals surface area contributed by atoms with Gasteiger partial charge in [0.05, 0.1) is 5.25 Å². The second-order valence-corrected chi connectivity index (χ2v) is 7.09. The van der Waals surface area contributed by atoms with Gasteiger partial charge in [0.15, 0.2) is 0 Å². The van der Waals surface area contributed by atoms with Gasteiger partial charge < -0.3 is 9.84 Å². The Labute approximate surface area is 103 Å². The number of ether oxygens (including phenoxy) is 1. The van der Waals surface area contributed by atoms with Crippen LogP contribution in [0.5, 0.6) is 0 Å². The van der Waals surface area contributed by atoms with E-state index in [1.165, 1.54) is 0 Å². The van der Waals surface area contributed by atoms with Crippen molar-refractivity contribution in [1.82, 2.24) is 4.31 Å². The molecule has 0 saturated carbocycles. The van der Waals surface area contributed by atoms with Crippen LogP contribution in [0.3, 0.4) is 0 Å².